The van der Waals surface area contributed by atoms with Crippen LogP contribution in [-0.2, 0) is 13.0 Å². The number of aromatic nitrogens is 2. The van der Waals surface area contributed by atoms with Crippen LogP contribution in [0.3, 0.4) is 0 Å². The molecule has 0 bridgehead atoms. The molecule has 1 aromatic rings. The van der Waals surface area contributed by atoms with Gasteiger partial charge < -0.3 is 5.73 Å². The van der Waals surface area contributed by atoms with E-state index in [1.807, 2.05) is 0 Å². The summed E-state index contributed by atoms with van der Waals surface area (Å²) in [4.78, 5) is 0. The van der Waals surface area contributed by atoms with Gasteiger partial charge in [0.1, 0.15) is 10.0 Å². The highest BCUT2D eigenvalue weighted by atomic mass is 32.1. The van der Waals surface area contributed by atoms with E-state index in [2.05, 4.69) is 17.1 Å². The van der Waals surface area contributed by atoms with Crippen LogP contribution < -0.4 is 5.73 Å². The van der Waals surface area contributed by atoms with E-state index in [4.69, 9.17) is 5.73 Å². The summed E-state index contributed by atoms with van der Waals surface area (Å²) in [6.45, 7) is 2.79. The highest BCUT2D eigenvalue weighted by Gasteiger charge is 2.01. The summed E-state index contributed by atoms with van der Waals surface area (Å²) in [7, 11) is 0. The van der Waals surface area contributed by atoms with Gasteiger partial charge in [0, 0.05) is 13.0 Å². The van der Waals surface area contributed by atoms with Crippen LogP contribution >= 0.6 is 11.3 Å². The molecule has 1 heterocycles. The fourth-order valence-corrected chi connectivity index (χ4v) is 2.82. The zero-order chi connectivity index (χ0) is 13.1. The number of nitrogens with two attached hydrogens (primary N) is 1. The fraction of sp³-hybridized carbons (Fsp3) is 0.857. The first-order chi connectivity index (χ1) is 8.86. The Morgan fingerprint density at radius 1 is 0.833 bits per heavy atom. The van der Waals surface area contributed by atoms with Crippen LogP contribution in [0, 0.1) is 0 Å². The number of unbranched alkanes of at least 4 members (excludes halogenated alkanes) is 8. The van der Waals surface area contributed by atoms with Crippen molar-refractivity contribution in [3.8, 4) is 0 Å². The third-order valence-corrected chi connectivity index (χ3v) is 4.18. The van der Waals surface area contributed by atoms with Gasteiger partial charge in [-0.3, -0.25) is 0 Å². The quantitative estimate of drug-likeness (QED) is 0.616. The van der Waals surface area contributed by atoms with E-state index in [9.17, 15) is 0 Å². The lowest BCUT2D eigenvalue weighted by Crippen LogP contribution is -1.94. The maximum Gasteiger partial charge on any atom is 0.131 e. The second-order valence-electron chi connectivity index (χ2n) is 4.87. The summed E-state index contributed by atoms with van der Waals surface area (Å²) >= 11 is 1.66. The van der Waals surface area contributed by atoms with Crippen molar-refractivity contribution in [3.05, 3.63) is 10.0 Å². The summed E-state index contributed by atoms with van der Waals surface area (Å²) in [5, 5.41) is 10.3. The summed E-state index contributed by atoms with van der Waals surface area (Å²) in [5.74, 6) is 0. The molecule has 1 aromatic heterocycles. The molecule has 4 heteroatoms. The van der Waals surface area contributed by atoms with Crippen LogP contribution in [0.15, 0.2) is 0 Å². The van der Waals surface area contributed by atoms with Crippen molar-refractivity contribution in [2.75, 3.05) is 0 Å². The smallest absolute Gasteiger partial charge is 0.131 e. The summed E-state index contributed by atoms with van der Waals surface area (Å²) in [6, 6.07) is 0. The van der Waals surface area contributed by atoms with Crippen LogP contribution in [0.25, 0.3) is 0 Å². The van der Waals surface area contributed by atoms with Crippen LogP contribution in [-0.4, -0.2) is 10.2 Å². The third-order valence-electron chi connectivity index (χ3n) is 3.18. The highest BCUT2D eigenvalue weighted by molar-refractivity contribution is 7.11. The molecular weight excluding hydrogens is 242 g/mol. The summed E-state index contributed by atoms with van der Waals surface area (Å²) in [5.41, 5.74) is 5.52. The lowest BCUT2D eigenvalue weighted by Gasteiger charge is -2.00. The van der Waals surface area contributed by atoms with Crippen molar-refractivity contribution in [1.29, 1.82) is 0 Å². The van der Waals surface area contributed by atoms with Crippen LogP contribution in [0.2, 0.25) is 0 Å². The Kier molecular flexibility index (Phi) is 9.04. The van der Waals surface area contributed by atoms with Crippen molar-refractivity contribution in [1.82, 2.24) is 10.2 Å². The molecule has 0 aliphatic carbocycles. The molecule has 0 spiro atoms. The van der Waals surface area contributed by atoms with Gasteiger partial charge in [-0.05, 0) is 6.42 Å². The molecule has 0 saturated carbocycles. The van der Waals surface area contributed by atoms with Gasteiger partial charge in [-0.15, -0.1) is 21.5 Å². The minimum Gasteiger partial charge on any atom is -0.324 e. The summed E-state index contributed by atoms with van der Waals surface area (Å²) in [6.07, 6.45) is 13.4. The minimum absolute atomic E-state index is 0.523. The van der Waals surface area contributed by atoms with Gasteiger partial charge >= 0.3 is 0 Å². The molecule has 2 N–H and O–H groups in total. The van der Waals surface area contributed by atoms with Crippen molar-refractivity contribution in [2.45, 2.75) is 77.7 Å². The minimum atomic E-state index is 0.523. The molecule has 0 unspecified atom stereocenters. The van der Waals surface area contributed by atoms with E-state index >= 15 is 0 Å². The fourth-order valence-electron chi connectivity index (χ4n) is 2.06. The Bertz CT molecular complexity index is 299. The Labute approximate surface area is 115 Å². The van der Waals surface area contributed by atoms with Crippen molar-refractivity contribution in [3.63, 3.8) is 0 Å². The Hall–Kier alpha value is -0.480. The van der Waals surface area contributed by atoms with Crippen LogP contribution in [0.5, 0.6) is 0 Å². The summed E-state index contributed by atoms with van der Waals surface area (Å²) < 4.78 is 0. The lowest BCUT2D eigenvalue weighted by atomic mass is 10.1. The first-order valence-electron chi connectivity index (χ1n) is 7.38. The van der Waals surface area contributed by atoms with E-state index in [1.165, 1.54) is 57.8 Å². The molecule has 1 rings (SSSR count). The standard InChI is InChI=1S/C14H27N3S/c1-2-3-4-5-6-7-8-9-10-11-13-16-17-14(12-15)18-13/h2-12,15H2,1H3. The monoisotopic (exact) mass is 269 g/mol. The van der Waals surface area contributed by atoms with Crippen molar-refractivity contribution >= 4 is 11.3 Å². The van der Waals surface area contributed by atoms with E-state index < -0.39 is 0 Å². The molecular formula is C14H27N3S. The maximum atomic E-state index is 5.52. The maximum absolute atomic E-state index is 5.52. The van der Waals surface area contributed by atoms with Gasteiger partial charge in [0.05, 0.1) is 0 Å². The zero-order valence-corrected chi connectivity index (χ0v) is 12.5. The predicted molar refractivity (Wildman–Crippen MR) is 78.7 cm³/mol. The normalized spacial score (nSPS) is 11.0. The Morgan fingerprint density at radius 3 is 1.94 bits per heavy atom. The first-order valence-corrected chi connectivity index (χ1v) is 8.19. The molecule has 0 amide bonds. The first kappa shape index (κ1) is 15.6. The van der Waals surface area contributed by atoms with Gasteiger partial charge in [-0.25, -0.2) is 0 Å². The van der Waals surface area contributed by atoms with Gasteiger partial charge in [-0.1, -0.05) is 58.3 Å². The number of rotatable bonds is 11. The molecule has 3 nitrogen and oxygen atoms in total. The Morgan fingerprint density at radius 2 is 1.39 bits per heavy atom. The molecule has 0 aliphatic rings. The second-order valence-corrected chi connectivity index (χ2v) is 6.02. The topological polar surface area (TPSA) is 51.8 Å². The average molecular weight is 269 g/mol. The van der Waals surface area contributed by atoms with Crippen molar-refractivity contribution < 1.29 is 0 Å². The largest absolute Gasteiger partial charge is 0.324 e. The highest BCUT2D eigenvalue weighted by Crippen LogP contribution is 2.14. The second kappa shape index (κ2) is 10.4. The lowest BCUT2D eigenvalue weighted by molar-refractivity contribution is 0.564. The molecule has 0 fully saturated rings. The Balaban J connectivity index is 1.89. The number of hydrogen-bond acceptors (Lipinski definition) is 4. The van der Waals surface area contributed by atoms with Crippen LogP contribution in [0.4, 0.5) is 0 Å². The van der Waals surface area contributed by atoms with Crippen LogP contribution in [0.1, 0.15) is 74.7 Å². The van der Waals surface area contributed by atoms with E-state index in [-0.39, 0.29) is 0 Å². The predicted octanol–water partition coefficient (Wildman–Crippen LogP) is 4.07. The van der Waals surface area contributed by atoms with E-state index in [0.717, 1.165) is 16.4 Å². The number of nitrogens with zero attached hydrogens (tertiary/aromatic N) is 2. The van der Waals surface area contributed by atoms with Gasteiger partial charge in [0.25, 0.3) is 0 Å². The molecule has 0 aliphatic heterocycles. The molecule has 0 atom stereocenters. The number of hydrogen-bond donors (Lipinski definition) is 1. The molecule has 0 aromatic carbocycles. The average Bonchev–Trinajstić information content (AvgIpc) is 2.85. The van der Waals surface area contributed by atoms with Gasteiger partial charge in [-0.2, -0.15) is 0 Å². The molecule has 18 heavy (non-hydrogen) atoms. The molecule has 104 valence electrons. The third kappa shape index (κ3) is 7.07. The van der Waals surface area contributed by atoms with Gasteiger partial charge in [0.2, 0.25) is 0 Å². The molecule has 0 radical (unpaired) electrons. The van der Waals surface area contributed by atoms with Gasteiger partial charge in [0.15, 0.2) is 0 Å². The SMILES string of the molecule is CCCCCCCCCCCc1nnc(CN)s1. The number of aryl methyl sites for hydroxylation is 1. The van der Waals surface area contributed by atoms with Crippen molar-refractivity contribution in [2.24, 2.45) is 5.73 Å². The molecule has 0 saturated heterocycles. The zero-order valence-electron chi connectivity index (χ0n) is 11.7. The van der Waals surface area contributed by atoms with E-state index in [1.54, 1.807) is 11.3 Å². The van der Waals surface area contributed by atoms with E-state index in [0.29, 0.717) is 6.54 Å².